The van der Waals surface area contributed by atoms with Crippen LogP contribution in [0.3, 0.4) is 0 Å². The van der Waals surface area contributed by atoms with Crippen LogP contribution in [0, 0.1) is 5.92 Å². The molecule has 1 aromatic carbocycles. The zero-order chi connectivity index (χ0) is 19.8. The Morgan fingerprint density at radius 1 is 1.26 bits per heavy atom. The molecule has 27 heavy (non-hydrogen) atoms. The number of amides is 1. The van der Waals surface area contributed by atoms with Crippen LogP contribution in [0.2, 0.25) is 0 Å². The lowest BCUT2D eigenvalue weighted by Gasteiger charge is -2.28. The number of sulfonamides is 1. The first-order chi connectivity index (χ1) is 12.7. The van der Waals surface area contributed by atoms with Crippen LogP contribution in [0.1, 0.15) is 32.6 Å². The van der Waals surface area contributed by atoms with Gasteiger partial charge in [0.2, 0.25) is 15.9 Å². The molecule has 2 saturated carbocycles. The van der Waals surface area contributed by atoms with Crippen LogP contribution in [0.5, 0.6) is 5.75 Å². The van der Waals surface area contributed by atoms with Crippen LogP contribution in [0.25, 0.3) is 0 Å². The van der Waals surface area contributed by atoms with Gasteiger partial charge in [-0.1, -0.05) is 0 Å². The summed E-state index contributed by atoms with van der Waals surface area (Å²) in [4.78, 5) is 14.9. The number of anilines is 1. The van der Waals surface area contributed by atoms with Gasteiger partial charge >= 0.3 is 0 Å². The summed E-state index contributed by atoms with van der Waals surface area (Å²) in [5, 5.41) is 2.85. The Kier molecular flexibility index (Phi) is 5.79. The molecule has 7 nitrogen and oxygen atoms in total. The van der Waals surface area contributed by atoms with E-state index in [1.807, 2.05) is 0 Å². The van der Waals surface area contributed by atoms with Crippen LogP contribution >= 0.6 is 0 Å². The van der Waals surface area contributed by atoms with Gasteiger partial charge in [0.05, 0.1) is 13.7 Å². The highest BCUT2D eigenvalue weighted by Gasteiger charge is 2.39. The molecule has 0 heterocycles. The first-order valence-electron chi connectivity index (χ1n) is 9.40. The Labute approximate surface area is 161 Å². The Balaban J connectivity index is 1.73. The fraction of sp³-hybridized carbons (Fsp3) is 0.632. The van der Waals surface area contributed by atoms with Crippen LogP contribution in [-0.2, 0) is 14.8 Å². The summed E-state index contributed by atoms with van der Waals surface area (Å²) in [6, 6.07) is 5.61. The highest BCUT2D eigenvalue weighted by atomic mass is 32.2. The van der Waals surface area contributed by atoms with Crippen molar-refractivity contribution in [3.63, 3.8) is 0 Å². The van der Waals surface area contributed by atoms with Crippen molar-refractivity contribution in [3.05, 3.63) is 18.2 Å². The number of ether oxygens (including phenoxy) is 1. The van der Waals surface area contributed by atoms with Gasteiger partial charge in [-0.2, -0.15) is 0 Å². The number of hydrogen-bond acceptors (Lipinski definition) is 5. The van der Waals surface area contributed by atoms with Crippen molar-refractivity contribution in [1.82, 2.24) is 9.21 Å². The van der Waals surface area contributed by atoms with Gasteiger partial charge in [0.1, 0.15) is 10.6 Å². The van der Waals surface area contributed by atoms with Gasteiger partial charge in [-0.05, 0) is 56.7 Å². The van der Waals surface area contributed by atoms with Gasteiger partial charge in [0.25, 0.3) is 0 Å². The van der Waals surface area contributed by atoms with Gasteiger partial charge in [-0.25, -0.2) is 12.7 Å². The highest BCUT2D eigenvalue weighted by Crippen LogP contribution is 2.39. The molecule has 0 spiro atoms. The second-order valence-electron chi connectivity index (χ2n) is 7.68. The second-order valence-corrected chi connectivity index (χ2v) is 9.80. The van der Waals surface area contributed by atoms with E-state index in [-0.39, 0.29) is 16.6 Å². The van der Waals surface area contributed by atoms with Crippen LogP contribution in [0.15, 0.2) is 23.1 Å². The van der Waals surface area contributed by atoms with Gasteiger partial charge < -0.3 is 10.1 Å². The lowest BCUT2D eigenvalue weighted by molar-refractivity contribution is -0.118. The lowest BCUT2D eigenvalue weighted by Crippen LogP contribution is -2.42. The average molecular weight is 396 g/mol. The quantitative estimate of drug-likeness (QED) is 0.693. The fourth-order valence-electron chi connectivity index (χ4n) is 3.38. The molecule has 2 fully saturated rings. The molecule has 2 aliphatic rings. The molecular formula is C19H29N3O4S. The van der Waals surface area contributed by atoms with E-state index in [4.69, 9.17) is 4.74 Å². The second kappa shape index (κ2) is 7.77. The molecule has 3 rings (SSSR count). The summed E-state index contributed by atoms with van der Waals surface area (Å²) in [6.07, 6.45) is 4.79. The van der Waals surface area contributed by atoms with Crippen LogP contribution in [0.4, 0.5) is 5.69 Å². The zero-order valence-corrected chi connectivity index (χ0v) is 17.3. The Morgan fingerprint density at radius 2 is 1.93 bits per heavy atom. The first-order valence-corrected chi connectivity index (χ1v) is 10.8. The predicted molar refractivity (Wildman–Crippen MR) is 104 cm³/mol. The number of methoxy groups -OCH3 is 1. The third-order valence-corrected chi connectivity index (χ3v) is 7.21. The van der Waals surface area contributed by atoms with E-state index in [1.165, 1.54) is 40.1 Å². The normalized spacial score (nSPS) is 18.6. The minimum Gasteiger partial charge on any atom is -0.495 e. The topological polar surface area (TPSA) is 79.0 Å². The number of benzene rings is 1. The average Bonchev–Trinajstić information content (AvgIpc) is 3.51. The zero-order valence-electron chi connectivity index (χ0n) is 16.4. The van der Waals surface area contributed by atoms with Crippen molar-refractivity contribution in [2.75, 3.05) is 33.1 Å². The SMILES string of the molecule is COc1ccc(NC(=O)CN(C2CC2)C(C)C2CC2)cc1S(=O)(=O)N(C)C. The molecule has 1 amide bonds. The van der Waals surface area contributed by atoms with E-state index in [9.17, 15) is 13.2 Å². The minimum atomic E-state index is -3.67. The summed E-state index contributed by atoms with van der Waals surface area (Å²) >= 11 is 0. The molecule has 0 aliphatic heterocycles. The molecular weight excluding hydrogens is 366 g/mol. The van der Waals surface area contributed by atoms with E-state index >= 15 is 0 Å². The summed E-state index contributed by atoms with van der Waals surface area (Å²) < 4.78 is 31.4. The fourth-order valence-corrected chi connectivity index (χ4v) is 4.46. The van der Waals surface area contributed by atoms with Gasteiger partial charge in [-0.3, -0.25) is 9.69 Å². The van der Waals surface area contributed by atoms with Gasteiger partial charge in [0.15, 0.2) is 0 Å². The maximum absolute atomic E-state index is 12.6. The molecule has 1 N–H and O–H groups in total. The monoisotopic (exact) mass is 395 g/mol. The smallest absolute Gasteiger partial charge is 0.246 e. The maximum Gasteiger partial charge on any atom is 0.246 e. The number of rotatable bonds is 9. The van der Waals surface area contributed by atoms with E-state index in [0.29, 0.717) is 30.2 Å². The van der Waals surface area contributed by atoms with Crippen molar-refractivity contribution < 1.29 is 17.9 Å². The summed E-state index contributed by atoms with van der Waals surface area (Å²) in [6.45, 7) is 2.54. The van der Waals surface area contributed by atoms with Crippen molar-refractivity contribution in [1.29, 1.82) is 0 Å². The van der Waals surface area contributed by atoms with E-state index < -0.39 is 10.0 Å². The number of carbonyl (C=O) groups excluding carboxylic acids is 1. The molecule has 1 unspecified atom stereocenters. The molecule has 0 radical (unpaired) electrons. The Hall–Kier alpha value is -1.64. The largest absolute Gasteiger partial charge is 0.495 e. The molecule has 150 valence electrons. The Bertz CT molecular complexity index is 801. The predicted octanol–water partition coefficient (Wildman–Crippen LogP) is 2.15. The molecule has 2 aliphatic carbocycles. The molecule has 0 saturated heterocycles. The molecule has 8 heteroatoms. The Morgan fingerprint density at radius 3 is 2.44 bits per heavy atom. The minimum absolute atomic E-state index is 0.0400. The summed E-state index contributed by atoms with van der Waals surface area (Å²) in [7, 11) is 0.682. The molecule has 1 aromatic rings. The number of nitrogens with one attached hydrogen (secondary N) is 1. The van der Waals surface area contributed by atoms with E-state index in [0.717, 1.165) is 17.1 Å². The summed E-state index contributed by atoms with van der Waals surface area (Å²) in [5.41, 5.74) is 0.455. The van der Waals surface area contributed by atoms with Crippen molar-refractivity contribution in [2.45, 2.75) is 49.6 Å². The first kappa shape index (κ1) is 20.1. The van der Waals surface area contributed by atoms with Crippen molar-refractivity contribution >= 4 is 21.6 Å². The van der Waals surface area contributed by atoms with E-state index in [1.54, 1.807) is 12.1 Å². The molecule has 0 bridgehead atoms. The number of carbonyl (C=O) groups is 1. The molecule has 1 atom stereocenters. The van der Waals surface area contributed by atoms with Crippen LogP contribution in [-0.4, -0.2) is 63.4 Å². The van der Waals surface area contributed by atoms with Gasteiger partial charge in [-0.15, -0.1) is 0 Å². The van der Waals surface area contributed by atoms with Gasteiger partial charge in [0, 0.05) is 31.9 Å². The summed E-state index contributed by atoms with van der Waals surface area (Å²) in [5.74, 6) is 0.840. The van der Waals surface area contributed by atoms with E-state index in [2.05, 4.69) is 17.1 Å². The van der Waals surface area contributed by atoms with Crippen molar-refractivity contribution in [3.8, 4) is 5.75 Å². The van der Waals surface area contributed by atoms with Crippen molar-refractivity contribution in [2.24, 2.45) is 5.92 Å². The standard InChI is InChI=1S/C19H29N3O4S/c1-13(14-5-6-14)22(16-8-9-16)12-19(23)20-15-7-10-17(26-4)18(11-15)27(24,25)21(2)3/h7,10-11,13-14,16H,5-6,8-9,12H2,1-4H3,(H,20,23). The third-order valence-electron chi connectivity index (χ3n) is 5.38. The maximum atomic E-state index is 12.6. The molecule has 0 aromatic heterocycles. The lowest BCUT2D eigenvalue weighted by atomic mass is 10.1. The number of nitrogens with zero attached hydrogens (tertiary/aromatic N) is 2. The number of hydrogen-bond donors (Lipinski definition) is 1. The van der Waals surface area contributed by atoms with Crippen LogP contribution < -0.4 is 10.1 Å². The highest BCUT2D eigenvalue weighted by molar-refractivity contribution is 7.89. The third kappa shape index (κ3) is 4.62.